The van der Waals surface area contributed by atoms with Crippen molar-refractivity contribution < 1.29 is 28.0 Å². The molecule has 0 saturated heterocycles. The molecule has 0 spiro atoms. The minimum Gasteiger partial charge on any atom is -0.508 e. The second-order valence-corrected chi connectivity index (χ2v) is 13.9. The van der Waals surface area contributed by atoms with Crippen LogP contribution in [0.3, 0.4) is 0 Å². The zero-order valence-corrected chi connectivity index (χ0v) is 30.9. The Balaban J connectivity index is 1.15. The number of phenolic OH excluding ortho intramolecular Hbond substituents is 1. The lowest BCUT2D eigenvalue weighted by Crippen LogP contribution is -2.34. The number of aromatic hydroxyl groups is 1. The normalized spacial score (nSPS) is 13.3. The Bertz CT molecular complexity index is 2400. The van der Waals surface area contributed by atoms with Gasteiger partial charge >= 0.3 is 13.5 Å². The van der Waals surface area contributed by atoms with Crippen LogP contribution in [-0.4, -0.2) is 61.8 Å². The molecule has 3 heterocycles. The number of phenols is 1. The molecule has 14 heteroatoms. The Morgan fingerprint density at radius 3 is 2.20 bits per heavy atom. The highest BCUT2D eigenvalue weighted by Gasteiger charge is 2.30. The van der Waals surface area contributed by atoms with Crippen molar-refractivity contribution in [1.29, 1.82) is 0 Å². The summed E-state index contributed by atoms with van der Waals surface area (Å²) in [5.74, 6) is 0.963. The summed E-state index contributed by atoms with van der Waals surface area (Å²) in [6.45, 7) is 6.31. The Kier molecular flexibility index (Phi) is 10.9. The number of benzene rings is 4. The molecule has 0 unspecified atom stereocenters. The average Bonchev–Trinajstić information content (AvgIpc) is 3.92. The number of hydrogen-bond donors (Lipinski definition) is 2. The highest BCUT2D eigenvalue weighted by molar-refractivity contribution is 6.43. The molecule has 11 nitrogen and oxygen atoms in total. The van der Waals surface area contributed by atoms with E-state index in [0.717, 1.165) is 15.6 Å². The molecule has 0 bridgehead atoms. The van der Waals surface area contributed by atoms with Crippen molar-refractivity contribution in [1.82, 2.24) is 24.8 Å². The molecule has 6 aromatic rings. The summed E-state index contributed by atoms with van der Waals surface area (Å²) in [7, 11) is -2.93. The van der Waals surface area contributed by atoms with Gasteiger partial charge in [0.25, 0.3) is 0 Å². The second kappa shape index (κ2) is 16.3. The predicted molar refractivity (Wildman–Crippen MR) is 213 cm³/mol. The topological polar surface area (TPSA) is 128 Å². The van der Waals surface area contributed by atoms with E-state index in [1.807, 2.05) is 91.0 Å². The van der Waals surface area contributed by atoms with Crippen LogP contribution in [0.4, 0.5) is 19.2 Å². The highest BCUT2D eigenvalue weighted by Crippen LogP contribution is 2.40. The van der Waals surface area contributed by atoms with Crippen LogP contribution in [0.5, 0.6) is 11.5 Å². The van der Waals surface area contributed by atoms with Gasteiger partial charge in [-0.05, 0) is 98.1 Å². The van der Waals surface area contributed by atoms with Crippen LogP contribution in [0.25, 0.3) is 28.0 Å². The summed E-state index contributed by atoms with van der Waals surface area (Å²) < 4.78 is 44.0. The fourth-order valence-corrected chi connectivity index (χ4v) is 6.06. The lowest BCUT2D eigenvalue weighted by molar-refractivity contribution is 0.0525. The number of nitrogens with one attached hydrogen (secondary N) is 1. The van der Waals surface area contributed by atoms with Gasteiger partial charge in [0.05, 0.1) is 18.5 Å². The van der Waals surface area contributed by atoms with Gasteiger partial charge in [-0.3, -0.25) is 13.3 Å². The SMILES string of the molecule is CC(C)(C)OC(=O)NCCn1cc(COc2ccc(C3=NC(=Nc4c(-c5ccccc5)cc(-c5ccc(O)cc5)n4B(F)F)C(c4ccccc4)=C3)cc2)nn1. The number of carbonyl (C=O) groups excluding carboxylic acids is 1. The zero-order valence-electron chi connectivity index (χ0n) is 30.9. The lowest BCUT2D eigenvalue weighted by Gasteiger charge is -2.19. The van der Waals surface area contributed by atoms with Crippen LogP contribution in [0, 0.1) is 0 Å². The van der Waals surface area contributed by atoms with Gasteiger partial charge < -0.3 is 24.4 Å². The molecule has 4 aromatic carbocycles. The number of alkyl carbamates (subject to hydrolysis) is 1. The number of allylic oxidation sites excluding steroid dienone is 1. The number of rotatable bonds is 12. The van der Waals surface area contributed by atoms with Crippen molar-refractivity contribution in [3.63, 3.8) is 0 Å². The second-order valence-electron chi connectivity index (χ2n) is 13.9. The van der Waals surface area contributed by atoms with Crippen molar-refractivity contribution in [2.24, 2.45) is 9.98 Å². The van der Waals surface area contributed by atoms with E-state index in [2.05, 4.69) is 15.6 Å². The summed E-state index contributed by atoms with van der Waals surface area (Å²) in [5, 5.41) is 20.8. The van der Waals surface area contributed by atoms with Gasteiger partial charge in [0.2, 0.25) is 0 Å². The van der Waals surface area contributed by atoms with E-state index >= 15 is 8.63 Å². The number of nitrogens with zero attached hydrogens (tertiary/aromatic N) is 6. The van der Waals surface area contributed by atoms with Crippen molar-refractivity contribution in [3.8, 4) is 33.9 Å². The number of carbonyl (C=O) groups is 1. The third-order valence-electron chi connectivity index (χ3n) is 8.63. The molecule has 1 aliphatic heterocycles. The largest absolute Gasteiger partial charge is 0.679 e. The van der Waals surface area contributed by atoms with Crippen LogP contribution >= 0.6 is 0 Å². The quantitative estimate of drug-likeness (QED) is 0.121. The summed E-state index contributed by atoms with van der Waals surface area (Å²) in [6.07, 6.45) is 3.15. The third kappa shape index (κ3) is 8.92. The smallest absolute Gasteiger partial charge is 0.508 e. The number of amides is 1. The Labute approximate surface area is 322 Å². The van der Waals surface area contributed by atoms with Gasteiger partial charge in [-0.2, -0.15) is 0 Å². The first-order chi connectivity index (χ1) is 27.0. The van der Waals surface area contributed by atoms with Crippen LogP contribution in [0.15, 0.2) is 138 Å². The van der Waals surface area contributed by atoms with Gasteiger partial charge in [0.1, 0.15) is 35.2 Å². The maximum absolute atomic E-state index is 15.1. The standard InChI is InChI=1S/C42H38BF2N7O4/c1-42(2,3)56-41(54)46-22-23-51-26-32(49-50-51)27-55-34-20-16-30(17-21-34)37-24-35(28-10-6-4-7-11-28)39(47-37)48-40-36(29-12-8-5-9-13-29)25-38(52(40)43(44)45)31-14-18-33(53)19-15-31/h4-21,24-26,53H,22-23,27H2,1-3H3,(H,46,54). The molecule has 0 atom stereocenters. The lowest BCUT2D eigenvalue weighted by atomic mass is 10.0. The Morgan fingerprint density at radius 1 is 0.875 bits per heavy atom. The number of ether oxygens (including phenoxy) is 2. The third-order valence-corrected chi connectivity index (χ3v) is 8.63. The first-order valence-corrected chi connectivity index (χ1v) is 17.9. The molecule has 2 aromatic heterocycles. The maximum Gasteiger partial charge on any atom is 0.679 e. The van der Waals surface area contributed by atoms with Crippen LogP contribution < -0.4 is 10.1 Å². The molecule has 0 fully saturated rings. The molecular weight excluding hydrogens is 715 g/mol. The molecule has 282 valence electrons. The molecule has 1 aliphatic rings. The van der Waals surface area contributed by atoms with E-state index in [1.54, 1.807) is 49.8 Å². The average molecular weight is 754 g/mol. The summed E-state index contributed by atoms with van der Waals surface area (Å²) in [4.78, 5) is 21.7. The van der Waals surface area contributed by atoms with Crippen molar-refractivity contribution in [3.05, 3.63) is 144 Å². The molecule has 0 aliphatic carbocycles. The molecule has 7 rings (SSSR count). The van der Waals surface area contributed by atoms with Gasteiger partial charge in [0.15, 0.2) is 5.84 Å². The maximum atomic E-state index is 15.1. The van der Waals surface area contributed by atoms with Crippen molar-refractivity contribution in [2.45, 2.75) is 39.5 Å². The van der Waals surface area contributed by atoms with E-state index < -0.39 is 19.1 Å². The molecule has 56 heavy (non-hydrogen) atoms. The van der Waals surface area contributed by atoms with Crippen LogP contribution in [0.2, 0.25) is 0 Å². The van der Waals surface area contributed by atoms with E-state index in [9.17, 15) is 9.90 Å². The fourth-order valence-electron chi connectivity index (χ4n) is 6.06. The van der Waals surface area contributed by atoms with E-state index in [-0.39, 0.29) is 29.7 Å². The van der Waals surface area contributed by atoms with Crippen LogP contribution in [0.1, 0.15) is 37.6 Å². The van der Waals surface area contributed by atoms with Gasteiger partial charge in [-0.25, -0.2) is 14.8 Å². The number of aromatic nitrogens is 4. The van der Waals surface area contributed by atoms with Crippen molar-refractivity contribution >= 4 is 36.4 Å². The summed E-state index contributed by atoms with van der Waals surface area (Å²) in [6, 6.07) is 34.0. The molecule has 0 saturated carbocycles. The zero-order chi connectivity index (χ0) is 39.2. The summed E-state index contributed by atoms with van der Waals surface area (Å²) >= 11 is 0. The number of aliphatic imine (C=N–C) groups is 2. The van der Waals surface area contributed by atoms with E-state index in [0.29, 0.717) is 52.5 Å². The minimum atomic E-state index is -2.93. The van der Waals surface area contributed by atoms with E-state index in [4.69, 9.17) is 19.5 Å². The Hall–Kier alpha value is -6.83. The molecule has 1 amide bonds. The number of amidine groups is 1. The summed E-state index contributed by atoms with van der Waals surface area (Å²) in [5.41, 5.74) is 4.89. The number of halogens is 2. The minimum absolute atomic E-state index is 0.0323. The predicted octanol–water partition coefficient (Wildman–Crippen LogP) is 8.61. The fraction of sp³-hybridized carbons (Fsp3) is 0.167. The number of hydrogen-bond acceptors (Lipinski definition) is 7. The van der Waals surface area contributed by atoms with Gasteiger partial charge in [-0.15, -0.1) is 5.10 Å². The Morgan fingerprint density at radius 2 is 1.54 bits per heavy atom. The van der Waals surface area contributed by atoms with Crippen LogP contribution in [-0.2, 0) is 17.9 Å². The van der Waals surface area contributed by atoms with Gasteiger partial charge in [-0.1, -0.05) is 65.9 Å². The first-order valence-electron chi connectivity index (χ1n) is 17.9. The van der Waals surface area contributed by atoms with Crippen molar-refractivity contribution in [2.75, 3.05) is 6.54 Å². The monoisotopic (exact) mass is 753 g/mol. The van der Waals surface area contributed by atoms with Gasteiger partial charge in [0, 0.05) is 28.9 Å². The highest BCUT2D eigenvalue weighted by atomic mass is 19.2. The first kappa shape index (κ1) is 37.5. The molecule has 2 N–H and O–H groups in total. The molecule has 0 radical (unpaired) electrons. The molecular formula is C42H38BF2N7O4. The van der Waals surface area contributed by atoms with E-state index in [1.165, 1.54) is 12.1 Å².